The van der Waals surface area contributed by atoms with Gasteiger partial charge in [-0.2, -0.15) is 0 Å². The molecule has 0 amide bonds. The SMILES string of the molecule is CC(C)NCc1nc(CN2CC(C)OCC2C)cs1. The standard InChI is InChI=1S/C14H25N3OS/c1-10(2)15-5-14-16-13(9-19-14)7-17-6-12(4)18-8-11(17)3/h9-12,15H,5-8H2,1-4H3. The molecule has 0 bridgehead atoms. The first kappa shape index (κ1) is 14.9. The lowest BCUT2D eigenvalue weighted by Crippen LogP contribution is -2.46. The van der Waals surface area contributed by atoms with Gasteiger partial charge in [-0.05, 0) is 13.8 Å². The average Bonchev–Trinajstić information content (AvgIpc) is 2.79. The van der Waals surface area contributed by atoms with Crippen LogP contribution in [0.4, 0.5) is 0 Å². The Morgan fingerprint density at radius 2 is 2.32 bits per heavy atom. The summed E-state index contributed by atoms with van der Waals surface area (Å²) in [5, 5.41) is 6.77. The van der Waals surface area contributed by atoms with Crippen LogP contribution in [-0.4, -0.2) is 41.2 Å². The second-order valence-electron chi connectivity index (χ2n) is 5.69. The van der Waals surface area contributed by atoms with Crippen molar-refractivity contribution in [3.05, 3.63) is 16.1 Å². The number of aromatic nitrogens is 1. The molecule has 0 saturated carbocycles. The third-order valence-electron chi connectivity index (χ3n) is 3.36. The average molecular weight is 283 g/mol. The summed E-state index contributed by atoms with van der Waals surface area (Å²) < 4.78 is 5.66. The summed E-state index contributed by atoms with van der Waals surface area (Å²) in [4.78, 5) is 7.17. The zero-order valence-electron chi connectivity index (χ0n) is 12.3. The Kier molecular flexibility index (Phi) is 5.33. The predicted octanol–water partition coefficient (Wildman–Crippen LogP) is 2.25. The van der Waals surface area contributed by atoms with Gasteiger partial charge in [-0.1, -0.05) is 13.8 Å². The largest absolute Gasteiger partial charge is 0.376 e. The molecule has 1 aromatic rings. The first-order chi connectivity index (χ1) is 9.04. The summed E-state index contributed by atoms with van der Waals surface area (Å²) >= 11 is 1.75. The van der Waals surface area contributed by atoms with Crippen molar-refractivity contribution in [2.24, 2.45) is 0 Å². The number of ether oxygens (including phenoxy) is 1. The minimum Gasteiger partial charge on any atom is -0.376 e. The summed E-state index contributed by atoms with van der Waals surface area (Å²) in [5.41, 5.74) is 1.19. The van der Waals surface area contributed by atoms with Crippen molar-refractivity contribution in [3.63, 3.8) is 0 Å². The second kappa shape index (κ2) is 6.79. The van der Waals surface area contributed by atoms with Gasteiger partial charge in [0.25, 0.3) is 0 Å². The summed E-state index contributed by atoms with van der Waals surface area (Å²) in [6.07, 6.45) is 0.330. The van der Waals surface area contributed by atoms with E-state index in [0.717, 1.165) is 26.2 Å². The van der Waals surface area contributed by atoms with Crippen LogP contribution >= 0.6 is 11.3 Å². The molecule has 1 fully saturated rings. The molecule has 0 radical (unpaired) electrons. The first-order valence-electron chi connectivity index (χ1n) is 7.07. The van der Waals surface area contributed by atoms with E-state index in [0.29, 0.717) is 18.2 Å². The highest BCUT2D eigenvalue weighted by molar-refractivity contribution is 7.09. The fourth-order valence-electron chi connectivity index (χ4n) is 2.19. The minimum absolute atomic E-state index is 0.330. The van der Waals surface area contributed by atoms with Gasteiger partial charge in [-0.15, -0.1) is 11.3 Å². The molecule has 1 aromatic heterocycles. The van der Waals surface area contributed by atoms with E-state index in [2.05, 4.69) is 43.3 Å². The van der Waals surface area contributed by atoms with E-state index in [9.17, 15) is 0 Å². The normalized spacial score (nSPS) is 25.1. The molecule has 1 saturated heterocycles. The van der Waals surface area contributed by atoms with Crippen LogP contribution in [-0.2, 0) is 17.8 Å². The number of morpholine rings is 1. The maximum Gasteiger partial charge on any atom is 0.107 e. The Morgan fingerprint density at radius 3 is 3.05 bits per heavy atom. The van der Waals surface area contributed by atoms with Gasteiger partial charge in [0.1, 0.15) is 5.01 Å². The quantitative estimate of drug-likeness (QED) is 0.899. The van der Waals surface area contributed by atoms with E-state index < -0.39 is 0 Å². The molecule has 2 unspecified atom stereocenters. The molecule has 4 nitrogen and oxygen atoms in total. The molecule has 0 aliphatic carbocycles. The maximum absolute atomic E-state index is 5.66. The molecule has 1 N–H and O–H groups in total. The third kappa shape index (κ3) is 4.53. The van der Waals surface area contributed by atoms with E-state index in [1.165, 1.54) is 10.7 Å². The van der Waals surface area contributed by atoms with Crippen LogP contribution in [0.5, 0.6) is 0 Å². The van der Waals surface area contributed by atoms with Gasteiger partial charge >= 0.3 is 0 Å². The van der Waals surface area contributed by atoms with E-state index in [4.69, 9.17) is 9.72 Å². The van der Waals surface area contributed by atoms with Crippen LogP contribution in [0.2, 0.25) is 0 Å². The van der Waals surface area contributed by atoms with Gasteiger partial charge < -0.3 is 10.1 Å². The Morgan fingerprint density at radius 1 is 1.53 bits per heavy atom. The molecule has 19 heavy (non-hydrogen) atoms. The van der Waals surface area contributed by atoms with E-state index >= 15 is 0 Å². The zero-order valence-corrected chi connectivity index (χ0v) is 13.2. The molecular formula is C14H25N3OS. The Hall–Kier alpha value is -0.490. The van der Waals surface area contributed by atoms with Crippen LogP contribution in [0.25, 0.3) is 0 Å². The van der Waals surface area contributed by atoms with Crippen molar-refractivity contribution in [2.75, 3.05) is 13.2 Å². The Labute approximate surface area is 120 Å². The summed E-state index contributed by atoms with van der Waals surface area (Å²) in [7, 11) is 0. The predicted molar refractivity (Wildman–Crippen MR) is 79.4 cm³/mol. The van der Waals surface area contributed by atoms with Crippen LogP contribution in [0, 0.1) is 0 Å². The smallest absolute Gasteiger partial charge is 0.107 e. The molecule has 2 atom stereocenters. The molecule has 2 rings (SSSR count). The first-order valence-corrected chi connectivity index (χ1v) is 7.95. The fourth-order valence-corrected chi connectivity index (χ4v) is 2.93. The van der Waals surface area contributed by atoms with Crippen LogP contribution in [0.3, 0.4) is 0 Å². The minimum atomic E-state index is 0.330. The van der Waals surface area contributed by atoms with Crippen LogP contribution < -0.4 is 5.32 Å². The van der Waals surface area contributed by atoms with Crippen LogP contribution in [0.1, 0.15) is 38.4 Å². The van der Waals surface area contributed by atoms with Crippen molar-refractivity contribution >= 4 is 11.3 Å². The molecular weight excluding hydrogens is 258 g/mol. The Balaban J connectivity index is 1.88. The topological polar surface area (TPSA) is 37.4 Å². The van der Waals surface area contributed by atoms with Crippen LogP contribution in [0.15, 0.2) is 5.38 Å². The summed E-state index contributed by atoms with van der Waals surface area (Å²) in [6.45, 7) is 12.3. The van der Waals surface area contributed by atoms with Gasteiger partial charge in [-0.25, -0.2) is 4.98 Å². The van der Waals surface area contributed by atoms with Gasteiger partial charge in [-0.3, -0.25) is 4.90 Å². The maximum atomic E-state index is 5.66. The second-order valence-corrected chi connectivity index (χ2v) is 6.63. The molecule has 0 spiro atoms. The van der Waals surface area contributed by atoms with Gasteiger partial charge in [0.05, 0.1) is 18.4 Å². The number of thiazole rings is 1. The number of hydrogen-bond donors (Lipinski definition) is 1. The lowest BCUT2D eigenvalue weighted by Gasteiger charge is -2.36. The lowest BCUT2D eigenvalue weighted by molar-refractivity contribution is -0.0530. The van der Waals surface area contributed by atoms with E-state index in [1.54, 1.807) is 11.3 Å². The monoisotopic (exact) mass is 283 g/mol. The number of hydrogen-bond acceptors (Lipinski definition) is 5. The summed E-state index contributed by atoms with van der Waals surface area (Å²) in [6, 6.07) is 0.989. The number of nitrogens with one attached hydrogen (secondary N) is 1. The van der Waals surface area contributed by atoms with E-state index in [1.807, 2.05) is 0 Å². The Bertz CT molecular complexity index is 394. The highest BCUT2D eigenvalue weighted by atomic mass is 32.1. The number of rotatable bonds is 5. The van der Waals surface area contributed by atoms with Crippen molar-refractivity contribution in [2.45, 2.75) is 59.0 Å². The van der Waals surface area contributed by atoms with Crippen molar-refractivity contribution < 1.29 is 4.74 Å². The van der Waals surface area contributed by atoms with Gasteiger partial charge in [0.15, 0.2) is 0 Å². The van der Waals surface area contributed by atoms with Gasteiger partial charge in [0.2, 0.25) is 0 Å². The molecule has 2 heterocycles. The zero-order chi connectivity index (χ0) is 13.8. The highest BCUT2D eigenvalue weighted by Gasteiger charge is 2.23. The third-order valence-corrected chi connectivity index (χ3v) is 4.26. The number of nitrogens with zero attached hydrogens (tertiary/aromatic N) is 2. The molecule has 5 heteroatoms. The molecule has 1 aliphatic rings. The molecule has 0 aromatic carbocycles. The van der Waals surface area contributed by atoms with E-state index in [-0.39, 0.29) is 0 Å². The highest BCUT2D eigenvalue weighted by Crippen LogP contribution is 2.17. The lowest BCUT2D eigenvalue weighted by atomic mass is 10.2. The van der Waals surface area contributed by atoms with Crippen molar-refractivity contribution in [1.29, 1.82) is 0 Å². The summed E-state index contributed by atoms with van der Waals surface area (Å²) in [5.74, 6) is 0. The van der Waals surface area contributed by atoms with Crippen molar-refractivity contribution in [1.82, 2.24) is 15.2 Å². The fraction of sp³-hybridized carbons (Fsp3) is 0.786. The molecule has 1 aliphatic heterocycles. The van der Waals surface area contributed by atoms with Gasteiger partial charge in [0, 0.05) is 37.1 Å². The van der Waals surface area contributed by atoms with Crippen molar-refractivity contribution in [3.8, 4) is 0 Å². The molecule has 108 valence electrons.